The van der Waals surface area contributed by atoms with Crippen LogP contribution in [0.3, 0.4) is 0 Å². The minimum Gasteiger partial charge on any atom is -0.353 e. The van der Waals surface area contributed by atoms with Gasteiger partial charge in [0, 0.05) is 50.9 Å². The topological polar surface area (TPSA) is 73.8 Å². The highest BCUT2D eigenvalue weighted by Gasteiger charge is 2.30. The Morgan fingerprint density at radius 3 is 2.12 bits per heavy atom. The lowest BCUT2D eigenvalue weighted by atomic mass is 9.94. The van der Waals surface area contributed by atoms with Gasteiger partial charge < -0.3 is 9.80 Å². The van der Waals surface area contributed by atoms with E-state index in [2.05, 4.69) is 9.88 Å². The minimum atomic E-state index is -3.42. The van der Waals surface area contributed by atoms with E-state index >= 15 is 0 Å². The molecule has 8 heteroatoms. The number of carbonyl (C=O) groups is 1. The van der Waals surface area contributed by atoms with Crippen molar-refractivity contribution in [3.63, 3.8) is 0 Å². The van der Waals surface area contributed by atoms with Crippen LogP contribution < -0.4 is 4.90 Å². The predicted molar refractivity (Wildman–Crippen MR) is 100 cm³/mol. The smallest absolute Gasteiger partial charge is 0.244 e. The summed E-state index contributed by atoms with van der Waals surface area (Å²) >= 11 is 0. The van der Waals surface area contributed by atoms with Crippen molar-refractivity contribution in [1.29, 1.82) is 0 Å². The molecule has 3 heterocycles. The third kappa shape index (κ3) is 3.86. The van der Waals surface area contributed by atoms with E-state index in [1.54, 1.807) is 12.1 Å². The van der Waals surface area contributed by atoms with E-state index in [4.69, 9.17) is 0 Å². The maximum Gasteiger partial charge on any atom is 0.244 e. The van der Waals surface area contributed by atoms with Gasteiger partial charge in [-0.1, -0.05) is 20.8 Å². The zero-order valence-electron chi connectivity index (χ0n) is 15.8. The van der Waals surface area contributed by atoms with E-state index in [-0.39, 0.29) is 16.2 Å². The molecule has 0 unspecified atom stereocenters. The average Bonchev–Trinajstić information content (AvgIpc) is 3.16. The SMILES string of the molecule is CC(C)(C)C(=O)N1CCN(c2ccc(S(=O)(=O)N3CCCC3)cn2)CC1. The van der Waals surface area contributed by atoms with Gasteiger partial charge in [0.2, 0.25) is 15.9 Å². The summed E-state index contributed by atoms with van der Waals surface area (Å²) in [6.07, 6.45) is 3.29. The van der Waals surface area contributed by atoms with E-state index in [1.807, 2.05) is 25.7 Å². The number of hydrogen-bond donors (Lipinski definition) is 0. The summed E-state index contributed by atoms with van der Waals surface area (Å²) in [4.78, 5) is 21.0. The van der Waals surface area contributed by atoms with Gasteiger partial charge in [-0.3, -0.25) is 4.79 Å². The number of pyridine rings is 1. The number of rotatable bonds is 3. The van der Waals surface area contributed by atoms with Crippen LogP contribution in [0.4, 0.5) is 5.82 Å². The third-order valence-corrected chi connectivity index (χ3v) is 6.84. The first-order valence-corrected chi connectivity index (χ1v) is 10.6. The number of piperazine rings is 1. The van der Waals surface area contributed by atoms with E-state index in [0.717, 1.165) is 18.7 Å². The van der Waals surface area contributed by atoms with Crippen molar-refractivity contribution in [2.75, 3.05) is 44.2 Å². The Hall–Kier alpha value is -1.67. The molecule has 7 nitrogen and oxygen atoms in total. The maximum absolute atomic E-state index is 12.6. The molecule has 0 spiro atoms. The maximum atomic E-state index is 12.6. The van der Waals surface area contributed by atoms with Crippen LogP contribution in [-0.2, 0) is 14.8 Å². The lowest BCUT2D eigenvalue weighted by Gasteiger charge is -2.38. The normalized spacial score (nSPS) is 19.8. The summed E-state index contributed by atoms with van der Waals surface area (Å²) in [5.41, 5.74) is -0.369. The second-order valence-electron chi connectivity index (χ2n) is 7.99. The molecule has 2 saturated heterocycles. The Kier molecular flexibility index (Phi) is 5.25. The fourth-order valence-electron chi connectivity index (χ4n) is 3.40. The Labute approximate surface area is 156 Å². The first-order valence-electron chi connectivity index (χ1n) is 9.20. The van der Waals surface area contributed by atoms with Crippen molar-refractivity contribution < 1.29 is 13.2 Å². The van der Waals surface area contributed by atoms with Crippen molar-refractivity contribution in [3.05, 3.63) is 18.3 Å². The number of sulfonamides is 1. The minimum absolute atomic E-state index is 0.164. The van der Waals surface area contributed by atoms with Crippen LogP contribution in [0.5, 0.6) is 0 Å². The molecule has 144 valence electrons. The molecule has 2 fully saturated rings. The molecule has 0 aromatic carbocycles. The predicted octanol–water partition coefficient (Wildman–Crippen LogP) is 1.56. The number of anilines is 1. The molecule has 26 heavy (non-hydrogen) atoms. The van der Waals surface area contributed by atoms with Crippen molar-refractivity contribution in [3.8, 4) is 0 Å². The van der Waals surface area contributed by atoms with Crippen molar-refractivity contribution >= 4 is 21.7 Å². The number of aromatic nitrogens is 1. The molecule has 0 saturated carbocycles. The molecule has 1 aromatic heterocycles. The second-order valence-corrected chi connectivity index (χ2v) is 9.93. The number of hydrogen-bond acceptors (Lipinski definition) is 5. The van der Waals surface area contributed by atoms with Gasteiger partial charge in [-0.25, -0.2) is 13.4 Å². The zero-order chi connectivity index (χ0) is 18.9. The summed E-state index contributed by atoms with van der Waals surface area (Å²) in [5.74, 6) is 0.922. The first kappa shape index (κ1) is 19.1. The van der Waals surface area contributed by atoms with E-state index < -0.39 is 10.0 Å². The molecule has 0 aliphatic carbocycles. The highest BCUT2D eigenvalue weighted by Crippen LogP contribution is 2.23. The van der Waals surface area contributed by atoms with E-state index in [9.17, 15) is 13.2 Å². The summed E-state index contributed by atoms with van der Waals surface area (Å²) in [5, 5.41) is 0. The van der Waals surface area contributed by atoms with Crippen LogP contribution in [-0.4, -0.2) is 67.8 Å². The van der Waals surface area contributed by atoms with Gasteiger partial charge in [-0.15, -0.1) is 0 Å². The second kappa shape index (κ2) is 7.15. The van der Waals surface area contributed by atoms with Crippen LogP contribution in [0.25, 0.3) is 0 Å². The lowest BCUT2D eigenvalue weighted by molar-refractivity contribution is -0.139. The molecular formula is C18H28N4O3S. The largest absolute Gasteiger partial charge is 0.353 e. The van der Waals surface area contributed by atoms with Gasteiger partial charge in [0.15, 0.2) is 0 Å². The van der Waals surface area contributed by atoms with E-state index in [1.165, 1.54) is 10.5 Å². The molecule has 0 radical (unpaired) electrons. The van der Waals surface area contributed by atoms with Gasteiger partial charge >= 0.3 is 0 Å². The molecule has 2 aliphatic rings. The Morgan fingerprint density at radius 1 is 1.00 bits per heavy atom. The fourth-order valence-corrected chi connectivity index (χ4v) is 4.87. The van der Waals surface area contributed by atoms with Crippen LogP contribution in [0, 0.1) is 5.41 Å². The zero-order valence-corrected chi connectivity index (χ0v) is 16.6. The molecule has 0 atom stereocenters. The van der Waals surface area contributed by atoms with Crippen molar-refractivity contribution in [1.82, 2.24) is 14.2 Å². The third-order valence-electron chi connectivity index (χ3n) is 4.96. The molecular weight excluding hydrogens is 352 g/mol. The number of amides is 1. The Morgan fingerprint density at radius 2 is 1.62 bits per heavy atom. The molecule has 1 aromatic rings. The number of nitrogens with zero attached hydrogens (tertiary/aromatic N) is 4. The molecule has 0 bridgehead atoms. The highest BCUT2D eigenvalue weighted by atomic mass is 32.2. The summed E-state index contributed by atoms with van der Waals surface area (Å²) in [7, 11) is -3.42. The summed E-state index contributed by atoms with van der Waals surface area (Å²) in [6.45, 7) is 9.70. The van der Waals surface area contributed by atoms with Gasteiger partial charge in [0.05, 0.1) is 0 Å². The molecule has 0 N–H and O–H groups in total. The van der Waals surface area contributed by atoms with Crippen LogP contribution in [0.1, 0.15) is 33.6 Å². The molecule has 1 amide bonds. The van der Waals surface area contributed by atoms with Gasteiger partial charge in [0.1, 0.15) is 10.7 Å². The lowest BCUT2D eigenvalue weighted by Crippen LogP contribution is -2.51. The van der Waals surface area contributed by atoms with Gasteiger partial charge in [-0.2, -0.15) is 4.31 Å². The van der Waals surface area contributed by atoms with Crippen molar-refractivity contribution in [2.45, 2.75) is 38.5 Å². The van der Waals surface area contributed by atoms with E-state index in [0.29, 0.717) is 39.3 Å². The van der Waals surface area contributed by atoms with Crippen LogP contribution in [0.2, 0.25) is 0 Å². The van der Waals surface area contributed by atoms with Gasteiger partial charge in [0.25, 0.3) is 0 Å². The standard InChI is InChI=1S/C18H28N4O3S/c1-18(2,3)17(23)21-12-10-20(11-13-21)16-7-6-15(14-19-16)26(24,25)22-8-4-5-9-22/h6-7,14H,4-5,8-13H2,1-3H3. The summed E-state index contributed by atoms with van der Waals surface area (Å²) < 4.78 is 26.7. The molecule has 3 rings (SSSR count). The monoisotopic (exact) mass is 380 g/mol. The Bertz CT molecular complexity index is 742. The first-order chi connectivity index (χ1) is 12.2. The highest BCUT2D eigenvalue weighted by molar-refractivity contribution is 7.89. The fraction of sp³-hybridized carbons (Fsp3) is 0.667. The van der Waals surface area contributed by atoms with Crippen LogP contribution in [0.15, 0.2) is 23.2 Å². The molecule has 2 aliphatic heterocycles. The average molecular weight is 381 g/mol. The Balaban J connectivity index is 1.64. The number of carbonyl (C=O) groups excluding carboxylic acids is 1. The van der Waals surface area contributed by atoms with Gasteiger partial charge in [-0.05, 0) is 25.0 Å². The quantitative estimate of drug-likeness (QED) is 0.796. The summed E-state index contributed by atoms with van der Waals surface area (Å²) in [6, 6.07) is 3.41. The van der Waals surface area contributed by atoms with Crippen LogP contribution >= 0.6 is 0 Å². The van der Waals surface area contributed by atoms with Crippen molar-refractivity contribution in [2.24, 2.45) is 5.41 Å².